The van der Waals surface area contributed by atoms with Crippen molar-refractivity contribution < 1.29 is 5.11 Å². The van der Waals surface area contributed by atoms with Crippen LogP contribution in [0, 0.1) is 11.3 Å². The van der Waals surface area contributed by atoms with Crippen molar-refractivity contribution in [2.75, 3.05) is 11.9 Å². The minimum Gasteiger partial charge on any atom is -0.394 e. The number of pyridine rings is 1. The molecule has 0 radical (unpaired) electrons. The Morgan fingerprint density at radius 2 is 2.33 bits per heavy atom. The van der Waals surface area contributed by atoms with Gasteiger partial charge in [0.1, 0.15) is 11.9 Å². The lowest BCUT2D eigenvalue weighted by Gasteiger charge is -2.28. The third kappa shape index (κ3) is 2.32. The fraction of sp³-hybridized carbons (Fsp3) is 0.571. The smallest absolute Gasteiger partial charge is 0.144 e. The highest BCUT2D eigenvalue weighted by atomic mass is 16.3. The Morgan fingerprint density at radius 3 is 2.94 bits per heavy atom. The lowest BCUT2D eigenvalue weighted by atomic mass is 9.99. The number of aliphatic hydroxyl groups is 1. The molecule has 1 aromatic rings. The summed E-state index contributed by atoms with van der Waals surface area (Å²) in [7, 11) is 0. The van der Waals surface area contributed by atoms with E-state index >= 15 is 0 Å². The van der Waals surface area contributed by atoms with Gasteiger partial charge in [-0.1, -0.05) is 6.92 Å². The maximum Gasteiger partial charge on any atom is 0.144 e. The summed E-state index contributed by atoms with van der Waals surface area (Å²) < 4.78 is 0. The number of nitriles is 1. The van der Waals surface area contributed by atoms with Gasteiger partial charge in [0.2, 0.25) is 0 Å². The molecule has 1 heterocycles. The quantitative estimate of drug-likeness (QED) is 0.851. The molecule has 1 unspecified atom stereocenters. The zero-order chi connectivity index (χ0) is 13.2. The molecule has 18 heavy (non-hydrogen) atoms. The Balaban J connectivity index is 2.36. The molecule has 96 valence electrons. The highest BCUT2D eigenvalue weighted by Crippen LogP contribution is 2.27. The Labute approximate surface area is 108 Å². The van der Waals surface area contributed by atoms with E-state index in [4.69, 9.17) is 0 Å². The number of nitrogens with one attached hydrogen (secondary N) is 1. The summed E-state index contributed by atoms with van der Waals surface area (Å²) >= 11 is 0. The molecule has 1 atom stereocenters. The number of nitrogens with zero attached hydrogens (tertiary/aromatic N) is 2. The second-order valence-corrected chi connectivity index (χ2v) is 5.15. The number of aliphatic hydroxyl groups excluding tert-OH is 1. The van der Waals surface area contributed by atoms with E-state index in [2.05, 4.69) is 16.4 Å². The maximum atomic E-state index is 9.43. The van der Waals surface area contributed by atoms with E-state index in [0.29, 0.717) is 11.4 Å². The standard InChI is InChI=1S/C14H19N3O/c1-3-14(2,9-18)17-13-11(8-15)7-10-5-4-6-12(10)16-13/h7,18H,3-6,9H2,1-2H3,(H,16,17). The van der Waals surface area contributed by atoms with Crippen molar-refractivity contribution in [1.82, 2.24) is 4.98 Å². The van der Waals surface area contributed by atoms with E-state index in [1.807, 2.05) is 19.9 Å². The van der Waals surface area contributed by atoms with Crippen LogP contribution in [-0.2, 0) is 12.8 Å². The summed E-state index contributed by atoms with van der Waals surface area (Å²) in [5.74, 6) is 0.608. The number of hydrogen-bond donors (Lipinski definition) is 2. The van der Waals surface area contributed by atoms with E-state index < -0.39 is 5.54 Å². The number of rotatable bonds is 4. The van der Waals surface area contributed by atoms with Crippen molar-refractivity contribution >= 4 is 5.82 Å². The van der Waals surface area contributed by atoms with Gasteiger partial charge in [-0.15, -0.1) is 0 Å². The topological polar surface area (TPSA) is 68.9 Å². The van der Waals surface area contributed by atoms with Gasteiger partial charge in [0.15, 0.2) is 0 Å². The Bertz CT molecular complexity index is 487. The van der Waals surface area contributed by atoms with E-state index in [0.717, 1.165) is 31.4 Å². The van der Waals surface area contributed by atoms with Gasteiger partial charge < -0.3 is 10.4 Å². The van der Waals surface area contributed by atoms with Crippen LogP contribution >= 0.6 is 0 Å². The average Bonchev–Trinajstić information content (AvgIpc) is 2.84. The number of fused-ring (bicyclic) bond motifs is 1. The molecule has 2 N–H and O–H groups in total. The summed E-state index contributed by atoms with van der Waals surface area (Å²) in [6, 6.07) is 4.13. The summed E-state index contributed by atoms with van der Waals surface area (Å²) in [6.45, 7) is 3.96. The first-order valence-electron chi connectivity index (χ1n) is 6.44. The normalized spacial score (nSPS) is 16.8. The van der Waals surface area contributed by atoms with E-state index in [1.54, 1.807) is 0 Å². The van der Waals surface area contributed by atoms with Crippen molar-refractivity contribution in [1.29, 1.82) is 5.26 Å². The molecule has 0 bridgehead atoms. The molecule has 4 heteroatoms. The molecule has 2 rings (SSSR count). The summed E-state index contributed by atoms with van der Waals surface area (Å²) in [4.78, 5) is 4.56. The van der Waals surface area contributed by atoms with Gasteiger partial charge in [-0.2, -0.15) is 5.26 Å². The predicted molar refractivity (Wildman–Crippen MR) is 70.4 cm³/mol. The van der Waals surface area contributed by atoms with Crippen LogP contribution < -0.4 is 5.32 Å². The lowest BCUT2D eigenvalue weighted by molar-refractivity contribution is 0.218. The summed E-state index contributed by atoms with van der Waals surface area (Å²) in [6.07, 6.45) is 3.88. The molecule has 0 aliphatic heterocycles. The van der Waals surface area contributed by atoms with Gasteiger partial charge in [-0.3, -0.25) is 0 Å². The fourth-order valence-corrected chi connectivity index (χ4v) is 2.18. The van der Waals surface area contributed by atoms with Crippen LogP contribution in [0.4, 0.5) is 5.82 Å². The maximum absolute atomic E-state index is 9.43. The molecule has 0 amide bonds. The van der Waals surface area contributed by atoms with Crippen LogP contribution in [-0.4, -0.2) is 22.2 Å². The Hall–Kier alpha value is -1.60. The first kappa shape index (κ1) is 12.8. The molecular weight excluding hydrogens is 226 g/mol. The molecular formula is C14H19N3O. The Morgan fingerprint density at radius 1 is 1.56 bits per heavy atom. The van der Waals surface area contributed by atoms with Crippen molar-refractivity contribution in [3.05, 3.63) is 22.9 Å². The Kier molecular flexibility index (Phi) is 3.53. The molecule has 0 saturated carbocycles. The van der Waals surface area contributed by atoms with Crippen LogP contribution in [0.1, 0.15) is 43.5 Å². The van der Waals surface area contributed by atoms with Crippen molar-refractivity contribution in [2.24, 2.45) is 0 Å². The molecule has 1 aliphatic rings. The number of aryl methyl sites for hydroxylation is 2. The highest BCUT2D eigenvalue weighted by molar-refractivity contribution is 5.56. The monoisotopic (exact) mass is 245 g/mol. The summed E-state index contributed by atoms with van der Waals surface area (Å²) in [5, 5.41) is 21.9. The third-order valence-electron chi connectivity index (χ3n) is 3.72. The van der Waals surface area contributed by atoms with E-state index in [9.17, 15) is 10.4 Å². The van der Waals surface area contributed by atoms with Gasteiger partial charge >= 0.3 is 0 Å². The zero-order valence-corrected chi connectivity index (χ0v) is 11.0. The first-order valence-corrected chi connectivity index (χ1v) is 6.44. The predicted octanol–water partition coefficient (Wildman–Crippen LogP) is 2.01. The molecule has 4 nitrogen and oxygen atoms in total. The number of anilines is 1. The minimum atomic E-state index is -0.425. The average molecular weight is 245 g/mol. The molecule has 1 aromatic heterocycles. The molecule has 0 fully saturated rings. The van der Waals surface area contributed by atoms with Crippen LogP contribution in [0.25, 0.3) is 0 Å². The zero-order valence-electron chi connectivity index (χ0n) is 11.0. The van der Waals surface area contributed by atoms with Gasteiger partial charge in [0.25, 0.3) is 0 Å². The van der Waals surface area contributed by atoms with Gasteiger partial charge in [0.05, 0.1) is 17.7 Å². The second-order valence-electron chi connectivity index (χ2n) is 5.15. The van der Waals surface area contributed by atoms with Crippen molar-refractivity contribution in [3.63, 3.8) is 0 Å². The van der Waals surface area contributed by atoms with Crippen LogP contribution in [0.5, 0.6) is 0 Å². The molecule has 1 aliphatic carbocycles. The number of hydrogen-bond acceptors (Lipinski definition) is 4. The van der Waals surface area contributed by atoms with E-state index in [1.165, 1.54) is 5.56 Å². The first-order chi connectivity index (χ1) is 8.61. The summed E-state index contributed by atoms with van der Waals surface area (Å²) in [5.41, 5.74) is 2.43. The highest BCUT2D eigenvalue weighted by Gasteiger charge is 2.24. The largest absolute Gasteiger partial charge is 0.394 e. The van der Waals surface area contributed by atoms with E-state index in [-0.39, 0.29) is 6.61 Å². The molecule has 0 spiro atoms. The molecule has 0 saturated heterocycles. The van der Waals surface area contributed by atoms with Crippen molar-refractivity contribution in [2.45, 2.75) is 45.1 Å². The SMILES string of the molecule is CCC(C)(CO)Nc1nc2c(cc1C#N)CCC2. The molecule has 0 aromatic carbocycles. The third-order valence-corrected chi connectivity index (χ3v) is 3.72. The van der Waals surface area contributed by atoms with Crippen LogP contribution in [0.3, 0.4) is 0 Å². The fourth-order valence-electron chi connectivity index (χ4n) is 2.18. The van der Waals surface area contributed by atoms with Gasteiger partial charge in [-0.25, -0.2) is 4.98 Å². The van der Waals surface area contributed by atoms with Crippen LogP contribution in [0.15, 0.2) is 6.07 Å². The second kappa shape index (κ2) is 4.95. The van der Waals surface area contributed by atoms with Crippen LogP contribution in [0.2, 0.25) is 0 Å². The number of aromatic nitrogens is 1. The minimum absolute atomic E-state index is 0.0210. The van der Waals surface area contributed by atoms with Crippen molar-refractivity contribution in [3.8, 4) is 6.07 Å². The lowest BCUT2D eigenvalue weighted by Crippen LogP contribution is -2.38. The van der Waals surface area contributed by atoms with Gasteiger partial charge in [0, 0.05) is 5.69 Å². The van der Waals surface area contributed by atoms with Gasteiger partial charge in [-0.05, 0) is 44.2 Å².